The summed E-state index contributed by atoms with van der Waals surface area (Å²) in [4.78, 5) is 29.9. The molecule has 248 valence electrons. The van der Waals surface area contributed by atoms with E-state index in [-0.39, 0.29) is 29.5 Å². The lowest BCUT2D eigenvalue weighted by Crippen LogP contribution is -2.53. The molecule has 0 radical (unpaired) electrons. The summed E-state index contributed by atoms with van der Waals surface area (Å²) in [5, 5.41) is 3.39. The zero-order valence-electron chi connectivity index (χ0n) is 27.1. The number of rotatable bonds is 16. The van der Waals surface area contributed by atoms with Crippen molar-refractivity contribution < 1.29 is 22.7 Å². The van der Waals surface area contributed by atoms with E-state index in [4.69, 9.17) is 16.3 Å². The third-order valence-corrected chi connectivity index (χ3v) is 9.73. The molecular weight excluding hydrogens is 634 g/mol. The Labute approximate surface area is 283 Å². The third kappa shape index (κ3) is 9.83. The first-order valence-electron chi connectivity index (χ1n) is 15.8. The van der Waals surface area contributed by atoms with E-state index in [2.05, 4.69) is 5.32 Å². The van der Waals surface area contributed by atoms with Gasteiger partial charge < -0.3 is 15.0 Å². The second-order valence-corrected chi connectivity index (χ2v) is 13.5. The molecule has 0 aromatic heterocycles. The highest BCUT2D eigenvalue weighted by Gasteiger charge is 2.34. The van der Waals surface area contributed by atoms with Gasteiger partial charge >= 0.3 is 0 Å². The quantitative estimate of drug-likeness (QED) is 0.132. The zero-order valence-corrected chi connectivity index (χ0v) is 28.6. The van der Waals surface area contributed by atoms with Crippen LogP contribution in [-0.2, 0) is 32.6 Å². The molecule has 4 aromatic rings. The number of hydrogen-bond acceptors (Lipinski definition) is 5. The number of aryl methyl sites for hydroxylation is 1. The molecule has 1 N–H and O–H groups in total. The molecule has 0 aliphatic heterocycles. The fourth-order valence-electron chi connectivity index (χ4n) is 5.09. The number of carbonyl (C=O) groups is 2. The maximum atomic E-state index is 14.6. The fraction of sp³-hybridized carbons (Fsp3) is 0.297. The predicted octanol–water partition coefficient (Wildman–Crippen LogP) is 6.80. The largest absolute Gasteiger partial charge is 0.494 e. The van der Waals surface area contributed by atoms with Crippen LogP contribution < -0.4 is 14.4 Å². The average molecular weight is 676 g/mol. The molecule has 47 heavy (non-hydrogen) atoms. The van der Waals surface area contributed by atoms with Crippen molar-refractivity contribution in [3.8, 4) is 5.75 Å². The van der Waals surface area contributed by atoms with Crippen molar-refractivity contribution in [1.29, 1.82) is 0 Å². The Morgan fingerprint density at radius 3 is 2.13 bits per heavy atom. The molecule has 0 fully saturated rings. The van der Waals surface area contributed by atoms with Crippen LogP contribution in [0.4, 0.5) is 5.69 Å². The van der Waals surface area contributed by atoms with Crippen molar-refractivity contribution in [2.24, 2.45) is 0 Å². The van der Waals surface area contributed by atoms with Gasteiger partial charge in [-0.25, -0.2) is 8.42 Å². The van der Waals surface area contributed by atoms with Crippen molar-refractivity contribution >= 4 is 39.1 Å². The van der Waals surface area contributed by atoms with Gasteiger partial charge in [0.1, 0.15) is 18.3 Å². The van der Waals surface area contributed by atoms with Crippen molar-refractivity contribution in [2.45, 2.75) is 57.5 Å². The van der Waals surface area contributed by atoms with Crippen LogP contribution in [-0.4, -0.2) is 50.9 Å². The number of sulfonamides is 1. The van der Waals surface area contributed by atoms with E-state index in [9.17, 15) is 18.0 Å². The minimum atomic E-state index is -4.24. The number of hydrogen-bond donors (Lipinski definition) is 1. The minimum absolute atomic E-state index is 0.0215. The van der Waals surface area contributed by atoms with Gasteiger partial charge in [-0.1, -0.05) is 85.1 Å². The summed E-state index contributed by atoms with van der Waals surface area (Å²) < 4.78 is 35.0. The first-order chi connectivity index (χ1) is 22.6. The SMILES string of the molecule is CCCCNC(=O)C(Cc1ccccc1)N(Cc1ccc(C)cc1)C(=O)CN(c1ccc(OCC)cc1)S(=O)(=O)c1ccc(Cl)cc1. The molecule has 1 atom stereocenters. The van der Waals surface area contributed by atoms with Gasteiger partial charge in [-0.15, -0.1) is 0 Å². The number of nitrogens with one attached hydrogen (secondary N) is 1. The summed E-state index contributed by atoms with van der Waals surface area (Å²) in [5.74, 6) is -0.251. The summed E-state index contributed by atoms with van der Waals surface area (Å²) in [6.07, 6.45) is 1.94. The lowest BCUT2D eigenvalue weighted by molar-refractivity contribution is -0.140. The van der Waals surface area contributed by atoms with E-state index < -0.39 is 28.5 Å². The van der Waals surface area contributed by atoms with Crippen LogP contribution in [0.5, 0.6) is 5.75 Å². The molecule has 1 unspecified atom stereocenters. The standard InChI is InChI=1S/C37H42ClN3O5S/c1-4-6-24-39-37(43)35(25-29-10-8-7-9-11-29)40(26-30-14-12-28(3)13-15-30)36(42)27-41(32-18-20-33(21-19-32)46-5-2)47(44,45)34-22-16-31(38)17-23-34/h7-23,35H,4-6,24-27H2,1-3H3,(H,39,43). The fourth-order valence-corrected chi connectivity index (χ4v) is 6.63. The van der Waals surface area contributed by atoms with E-state index in [0.717, 1.165) is 33.8 Å². The maximum Gasteiger partial charge on any atom is 0.264 e. The summed E-state index contributed by atoms with van der Waals surface area (Å²) >= 11 is 6.07. The van der Waals surface area contributed by atoms with Crippen LogP contribution in [0.1, 0.15) is 43.4 Å². The molecule has 0 aliphatic carbocycles. The second-order valence-electron chi connectivity index (χ2n) is 11.2. The van der Waals surface area contributed by atoms with Crippen molar-refractivity contribution in [1.82, 2.24) is 10.2 Å². The van der Waals surface area contributed by atoms with Crippen LogP contribution >= 0.6 is 11.6 Å². The number of amides is 2. The molecule has 0 aliphatic rings. The number of anilines is 1. The molecule has 4 aromatic carbocycles. The van der Waals surface area contributed by atoms with Gasteiger partial charge in [0.25, 0.3) is 10.0 Å². The van der Waals surface area contributed by atoms with Crippen LogP contribution in [0.15, 0.2) is 108 Å². The Morgan fingerprint density at radius 2 is 1.51 bits per heavy atom. The Hall–Kier alpha value is -4.34. The summed E-state index contributed by atoms with van der Waals surface area (Å²) in [6.45, 7) is 6.35. The monoisotopic (exact) mass is 675 g/mol. The van der Waals surface area contributed by atoms with Gasteiger partial charge in [-0.2, -0.15) is 0 Å². The lowest BCUT2D eigenvalue weighted by atomic mass is 10.0. The van der Waals surface area contributed by atoms with Gasteiger partial charge in [0.2, 0.25) is 11.8 Å². The van der Waals surface area contributed by atoms with E-state index in [0.29, 0.717) is 23.9 Å². The highest BCUT2D eigenvalue weighted by atomic mass is 35.5. The molecule has 0 saturated carbocycles. The molecule has 2 amide bonds. The first-order valence-corrected chi connectivity index (χ1v) is 17.6. The van der Waals surface area contributed by atoms with Crippen LogP contribution in [0.2, 0.25) is 5.02 Å². The number of carbonyl (C=O) groups excluding carboxylic acids is 2. The Bertz CT molecular complexity index is 1700. The minimum Gasteiger partial charge on any atom is -0.494 e. The van der Waals surface area contributed by atoms with Crippen molar-refractivity contribution in [2.75, 3.05) is 24.0 Å². The third-order valence-electron chi connectivity index (χ3n) is 7.69. The molecule has 0 saturated heterocycles. The number of halogens is 1. The van der Waals surface area contributed by atoms with E-state index in [1.165, 1.54) is 29.2 Å². The van der Waals surface area contributed by atoms with Gasteiger partial charge in [-0.3, -0.25) is 13.9 Å². The van der Waals surface area contributed by atoms with Crippen molar-refractivity contribution in [3.05, 3.63) is 125 Å². The molecular formula is C37H42ClN3O5S. The number of unbranched alkanes of at least 4 members (excludes halogenated alkanes) is 1. The summed E-state index contributed by atoms with van der Waals surface area (Å²) in [7, 11) is -4.24. The van der Waals surface area contributed by atoms with E-state index in [1.807, 2.05) is 75.4 Å². The number of ether oxygens (including phenoxy) is 1. The zero-order chi connectivity index (χ0) is 33.8. The molecule has 0 heterocycles. The number of benzene rings is 4. The van der Waals surface area contributed by atoms with E-state index in [1.54, 1.807) is 24.3 Å². The van der Waals surface area contributed by atoms with Gasteiger partial charge in [-0.05, 0) is 79.9 Å². The molecule has 4 rings (SSSR count). The molecule has 10 heteroatoms. The Balaban J connectivity index is 1.78. The van der Waals surface area contributed by atoms with E-state index >= 15 is 0 Å². The number of nitrogens with zero attached hydrogens (tertiary/aromatic N) is 2. The second kappa shape index (κ2) is 17.0. The summed E-state index contributed by atoms with van der Waals surface area (Å²) in [5.41, 5.74) is 3.03. The molecule has 8 nitrogen and oxygen atoms in total. The predicted molar refractivity (Wildman–Crippen MR) is 187 cm³/mol. The van der Waals surface area contributed by atoms with Crippen molar-refractivity contribution in [3.63, 3.8) is 0 Å². The molecule has 0 spiro atoms. The maximum absolute atomic E-state index is 14.6. The molecule has 0 bridgehead atoms. The topological polar surface area (TPSA) is 96.0 Å². The van der Waals surface area contributed by atoms with Crippen LogP contribution in [0.3, 0.4) is 0 Å². The van der Waals surface area contributed by atoms with Gasteiger partial charge in [0.15, 0.2) is 0 Å². The smallest absolute Gasteiger partial charge is 0.264 e. The van der Waals surface area contributed by atoms with Gasteiger partial charge in [0, 0.05) is 24.5 Å². The first kappa shape index (κ1) is 35.5. The average Bonchev–Trinajstić information content (AvgIpc) is 3.07. The Morgan fingerprint density at radius 1 is 0.851 bits per heavy atom. The van der Waals surface area contributed by atoms with Crippen LogP contribution in [0.25, 0.3) is 0 Å². The lowest BCUT2D eigenvalue weighted by Gasteiger charge is -2.34. The summed E-state index contributed by atoms with van der Waals surface area (Å²) in [6, 6.07) is 28.7. The Kier molecular flexibility index (Phi) is 12.8. The van der Waals surface area contributed by atoms with Gasteiger partial charge in [0.05, 0.1) is 17.2 Å². The highest BCUT2D eigenvalue weighted by molar-refractivity contribution is 7.92. The highest BCUT2D eigenvalue weighted by Crippen LogP contribution is 2.28. The van der Waals surface area contributed by atoms with Crippen LogP contribution in [0, 0.1) is 6.92 Å². The normalized spacial score (nSPS) is 11.8.